The number of aryl methyl sites for hydroxylation is 1. The number of likely N-dealkylation sites (N-methyl/N-ethyl adjacent to an activating group) is 1. The molecule has 0 unspecified atom stereocenters. The van der Waals surface area contributed by atoms with Gasteiger partial charge in [-0.3, -0.25) is 19.8 Å². The first kappa shape index (κ1) is 30.0. The molecule has 1 aliphatic rings. The number of amides is 1. The van der Waals surface area contributed by atoms with E-state index in [9.17, 15) is 4.79 Å². The Morgan fingerprint density at radius 1 is 1.07 bits per heavy atom. The van der Waals surface area contributed by atoms with Crippen molar-refractivity contribution in [2.75, 3.05) is 49.2 Å². The number of aromatic amines is 1. The monoisotopic (exact) mass is 609 g/mol. The van der Waals surface area contributed by atoms with Crippen LogP contribution in [0.25, 0.3) is 11.0 Å². The molecule has 1 amide bonds. The van der Waals surface area contributed by atoms with Gasteiger partial charge in [0.25, 0.3) is 0 Å². The molecule has 13 nitrogen and oxygen atoms in total. The van der Waals surface area contributed by atoms with Gasteiger partial charge < -0.3 is 20.4 Å². The number of benzene rings is 2. The Hall–Kier alpha value is -5.01. The Balaban J connectivity index is 1.25. The Labute approximate surface area is 262 Å². The third-order valence-corrected chi connectivity index (χ3v) is 7.76. The number of para-hydroxylation sites is 2. The second-order valence-corrected chi connectivity index (χ2v) is 12.4. The molecule has 13 heteroatoms. The van der Waals surface area contributed by atoms with Crippen molar-refractivity contribution in [3.8, 4) is 5.88 Å². The summed E-state index contributed by atoms with van der Waals surface area (Å²) in [6.07, 6.45) is 0.764. The molecule has 4 heterocycles. The van der Waals surface area contributed by atoms with Gasteiger partial charge in [0.2, 0.25) is 11.8 Å². The van der Waals surface area contributed by atoms with Crippen molar-refractivity contribution in [3.05, 3.63) is 72.2 Å². The van der Waals surface area contributed by atoms with E-state index in [1.54, 1.807) is 6.07 Å². The number of piperazine rings is 1. The lowest BCUT2D eigenvalue weighted by Gasteiger charge is -2.33. The molecular weight excluding hydrogens is 570 g/mol. The summed E-state index contributed by atoms with van der Waals surface area (Å²) >= 11 is 0. The predicted molar refractivity (Wildman–Crippen MR) is 175 cm³/mol. The average molecular weight is 610 g/mol. The zero-order chi connectivity index (χ0) is 31.7. The maximum atomic E-state index is 13.2. The van der Waals surface area contributed by atoms with Gasteiger partial charge in [-0.15, -0.1) is 5.10 Å². The number of carbonyl (C=O) groups excluding carboxylic acids is 1. The number of nitrogen functional groups attached to an aromatic ring is 1. The average Bonchev–Trinajstić information content (AvgIpc) is 3.60. The summed E-state index contributed by atoms with van der Waals surface area (Å²) in [7, 11) is 2.14. The maximum absolute atomic E-state index is 13.2. The van der Waals surface area contributed by atoms with E-state index in [-0.39, 0.29) is 11.4 Å². The standard InChI is InChI=1S/C32H39N11O2/c1-21-10-11-22(16-26(21)42(28-18-27(33)34-20-35-28)30-37-24-8-6-7-9-25(24)38-30)36-31(44)45-29-17-23(43(39-29)32(2,3)4)19-41-14-12-40(5)13-15-41/h6-11,16-18,20H,12-15,19H2,1-5H3,(H,36,44)(H,37,38)(H2,33,34,35). The molecule has 1 aliphatic heterocycles. The Morgan fingerprint density at radius 3 is 2.58 bits per heavy atom. The highest BCUT2D eigenvalue weighted by molar-refractivity contribution is 5.89. The van der Waals surface area contributed by atoms with Crippen LogP contribution < -0.4 is 20.7 Å². The normalized spacial score (nSPS) is 14.5. The van der Waals surface area contributed by atoms with Crippen molar-refractivity contribution in [1.82, 2.24) is 39.5 Å². The van der Waals surface area contributed by atoms with Gasteiger partial charge in [-0.25, -0.2) is 19.7 Å². The molecule has 1 saturated heterocycles. The SMILES string of the molecule is Cc1ccc(NC(=O)Oc2cc(CN3CCN(C)CC3)n(C(C)(C)C)n2)cc1N(c1cc(N)ncn1)c1nc2ccccc2[nH]1. The highest BCUT2D eigenvalue weighted by atomic mass is 16.6. The quantitative estimate of drug-likeness (QED) is 0.230. The molecule has 45 heavy (non-hydrogen) atoms. The summed E-state index contributed by atoms with van der Waals surface area (Å²) in [5.74, 6) is 1.63. The number of hydrogen-bond donors (Lipinski definition) is 3. The van der Waals surface area contributed by atoms with Crippen LogP contribution in [0.2, 0.25) is 0 Å². The van der Waals surface area contributed by atoms with E-state index < -0.39 is 6.09 Å². The fraction of sp³-hybridized carbons (Fsp3) is 0.344. The Bertz CT molecular complexity index is 1780. The lowest BCUT2D eigenvalue weighted by Crippen LogP contribution is -2.44. The van der Waals surface area contributed by atoms with Gasteiger partial charge in [0, 0.05) is 50.5 Å². The lowest BCUT2D eigenvalue weighted by molar-refractivity contribution is 0.142. The van der Waals surface area contributed by atoms with Crippen molar-refractivity contribution < 1.29 is 9.53 Å². The second-order valence-electron chi connectivity index (χ2n) is 12.4. The molecule has 0 spiro atoms. The van der Waals surface area contributed by atoms with Crippen molar-refractivity contribution >= 4 is 46.1 Å². The third-order valence-electron chi connectivity index (χ3n) is 7.76. The molecular formula is C32H39N11O2. The van der Waals surface area contributed by atoms with E-state index in [0.717, 1.165) is 60.7 Å². The fourth-order valence-corrected chi connectivity index (χ4v) is 5.42. The molecule has 5 aromatic rings. The molecule has 0 atom stereocenters. The van der Waals surface area contributed by atoms with Gasteiger partial charge in [0.05, 0.1) is 28.0 Å². The zero-order valence-corrected chi connectivity index (χ0v) is 26.3. The summed E-state index contributed by atoms with van der Waals surface area (Å²) in [5, 5.41) is 7.53. The van der Waals surface area contributed by atoms with Gasteiger partial charge in [-0.1, -0.05) is 18.2 Å². The molecule has 234 valence electrons. The van der Waals surface area contributed by atoms with E-state index in [1.165, 1.54) is 6.33 Å². The van der Waals surface area contributed by atoms with Gasteiger partial charge >= 0.3 is 6.09 Å². The maximum Gasteiger partial charge on any atom is 0.418 e. The molecule has 0 saturated carbocycles. The van der Waals surface area contributed by atoms with Crippen LogP contribution in [0, 0.1) is 6.92 Å². The van der Waals surface area contributed by atoms with Crippen LogP contribution >= 0.6 is 0 Å². The van der Waals surface area contributed by atoms with Gasteiger partial charge in [-0.2, -0.15) is 0 Å². The number of aromatic nitrogens is 6. The second kappa shape index (κ2) is 12.2. The lowest BCUT2D eigenvalue weighted by atomic mass is 10.1. The number of nitrogens with zero attached hydrogens (tertiary/aromatic N) is 8. The topological polar surface area (TPSA) is 146 Å². The first-order valence-corrected chi connectivity index (χ1v) is 15.0. The van der Waals surface area contributed by atoms with Gasteiger partial charge in [0.1, 0.15) is 18.0 Å². The first-order valence-electron chi connectivity index (χ1n) is 15.0. The molecule has 3 aromatic heterocycles. The molecule has 4 N–H and O–H groups in total. The number of nitrogens with two attached hydrogens (primary N) is 1. The van der Waals surface area contributed by atoms with Crippen molar-refractivity contribution in [1.29, 1.82) is 0 Å². The van der Waals surface area contributed by atoms with E-state index in [2.05, 4.69) is 63.0 Å². The molecule has 2 aromatic carbocycles. The summed E-state index contributed by atoms with van der Waals surface area (Å²) < 4.78 is 7.66. The molecule has 0 aliphatic carbocycles. The van der Waals surface area contributed by atoms with Crippen LogP contribution in [-0.2, 0) is 12.1 Å². The molecule has 0 radical (unpaired) electrons. The highest BCUT2D eigenvalue weighted by Crippen LogP contribution is 2.36. The molecule has 1 fully saturated rings. The predicted octanol–water partition coefficient (Wildman–Crippen LogP) is 5.02. The summed E-state index contributed by atoms with van der Waals surface area (Å²) in [6.45, 7) is 13.0. The molecule has 0 bridgehead atoms. The summed E-state index contributed by atoms with van der Waals surface area (Å²) in [4.78, 5) is 36.4. The molecule has 6 rings (SSSR count). The van der Waals surface area contributed by atoms with E-state index in [4.69, 9.17) is 15.5 Å². The largest absolute Gasteiger partial charge is 0.418 e. The van der Waals surface area contributed by atoms with Crippen LogP contribution in [0.5, 0.6) is 5.88 Å². The number of ether oxygens (including phenoxy) is 1. The Kier molecular flexibility index (Phi) is 8.12. The number of hydrogen-bond acceptors (Lipinski definition) is 10. The van der Waals surface area contributed by atoms with Gasteiger partial charge in [-0.05, 0) is 64.6 Å². The van der Waals surface area contributed by atoms with E-state index in [1.807, 2.05) is 65.0 Å². The third kappa shape index (κ3) is 6.74. The number of nitrogens with one attached hydrogen (secondary N) is 2. The van der Waals surface area contributed by atoms with Crippen molar-refractivity contribution in [3.63, 3.8) is 0 Å². The Morgan fingerprint density at radius 2 is 1.84 bits per heavy atom. The minimum atomic E-state index is -0.643. The number of imidazole rings is 1. The smallest absolute Gasteiger partial charge is 0.389 e. The first-order chi connectivity index (χ1) is 21.5. The van der Waals surface area contributed by atoms with Crippen molar-refractivity contribution in [2.45, 2.75) is 39.8 Å². The number of H-pyrrole nitrogens is 1. The van der Waals surface area contributed by atoms with Crippen LogP contribution in [0.3, 0.4) is 0 Å². The highest BCUT2D eigenvalue weighted by Gasteiger charge is 2.25. The summed E-state index contributed by atoms with van der Waals surface area (Å²) in [6, 6.07) is 16.9. The van der Waals surface area contributed by atoms with E-state index in [0.29, 0.717) is 23.3 Å². The van der Waals surface area contributed by atoms with Crippen LogP contribution in [0.4, 0.5) is 33.8 Å². The van der Waals surface area contributed by atoms with Crippen LogP contribution in [0.15, 0.2) is 60.9 Å². The van der Waals surface area contributed by atoms with Gasteiger partial charge in [0.15, 0.2) is 0 Å². The number of carbonyl (C=O) groups is 1. The minimum absolute atomic E-state index is 0.249. The minimum Gasteiger partial charge on any atom is -0.389 e. The number of anilines is 5. The zero-order valence-electron chi connectivity index (χ0n) is 26.3. The van der Waals surface area contributed by atoms with Crippen LogP contribution in [-0.4, -0.2) is 78.8 Å². The summed E-state index contributed by atoms with van der Waals surface area (Å²) in [5.41, 5.74) is 10.6. The van der Waals surface area contributed by atoms with Crippen molar-refractivity contribution in [2.24, 2.45) is 0 Å². The van der Waals surface area contributed by atoms with Crippen LogP contribution in [0.1, 0.15) is 32.0 Å². The van der Waals surface area contributed by atoms with E-state index >= 15 is 0 Å². The number of fused-ring (bicyclic) bond motifs is 1. The fourth-order valence-electron chi connectivity index (χ4n) is 5.42. The number of rotatable bonds is 7.